The molecular weight excluding hydrogens is 608 g/mol. The first kappa shape index (κ1) is 34.9. The molecule has 9 heteroatoms. The molecule has 1 saturated heterocycles. The van der Waals surface area contributed by atoms with Crippen LogP contribution < -0.4 is 5.32 Å². The second kappa shape index (κ2) is 16.6. The number of nitrogens with one attached hydrogen (secondary N) is 1. The number of aliphatic carboxylic acids is 1. The zero-order valence-electron chi connectivity index (χ0n) is 27.4. The number of carbonyl (C=O) groups excluding carboxylic acids is 1. The maximum absolute atomic E-state index is 12.1. The molecule has 48 heavy (non-hydrogen) atoms. The van der Waals surface area contributed by atoms with Crippen LogP contribution in [0.3, 0.4) is 0 Å². The van der Waals surface area contributed by atoms with Gasteiger partial charge in [0.25, 0.3) is 0 Å². The van der Waals surface area contributed by atoms with E-state index in [0.717, 1.165) is 38.9 Å². The van der Waals surface area contributed by atoms with Crippen molar-refractivity contribution >= 4 is 11.9 Å². The lowest BCUT2D eigenvalue weighted by Crippen LogP contribution is -2.43. The monoisotopic (exact) mass is 652 g/mol. The largest absolute Gasteiger partial charge is 0.481 e. The number of amides is 1. The molecule has 5 atom stereocenters. The molecule has 1 amide bonds. The number of aliphatic hydroxyl groups excluding tert-OH is 2. The number of carbonyl (C=O) groups is 2. The fraction of sp³-hybridized carbons (Fsp3) is 0.333. The Hall–Kier alpha value is -4.38. The van der Waals surface area contributed by atoms with E-state index in [9.17, 15) is 19.8 Å². The minimum Gasteiger partial charge on any atom is -0.481 e. The molecule has 0 spiro atoms. The van der Waals surface area contributed by atoms with Crippen molar-refractivity contribution in [3.8, 4) is 11.1 Å². The summed E-state index contributed by atoms with van der Waals surface area (Å²) in [7, 11) is 2.00. The van der Waals surface area contributed by atoms with Crippen LogP contribution >= 0.6 is 0 Å². The van der Waals surface area contributed by atoms with Gasteiger partial charge in [-0.3, -0.25) is 14.5 Å². The van der Waals surface area contributed by atoms with Gasteiger partial charge in [-0.2, -0.15) is 0 Å². The Morgan fingerprint density at radius 3 is 2.23 bits per heavy atom. The third-order valence-electron chi connectivity index (χ3n) is 8.95. The third kappa shape index (κ3) is 9.15. The first-order valence-corrected chi connectivity index (χ1v) is 16.3. The van der Waals surface area contributed by atoms with Gasteiger partial charge in [-0.25, -0.2) is 0 Å². The summed E-state index contributed by atoms with van der Waals surface area (Å²) in [6.07, 6.45) is -1.36. The average molecular weight is 653 g/mol. The molecule has 4 N–H and O–H groups in total. The second-order valence-corrected chi connectivity index (χ2v) is 12.3. The van der Waals surface area contributed by atoms with Gasteiger partial charge in [0.15, 0.2) is 6.29 Å². The highest BCUT2D eigenvalue weighted by atomic mass is 16.7. The Labute approximate surface area is 281 Å². The molecule has 0 aromatic heterocycles. The topological polar surface area (TPSA) is 129 Å². The smallest absolute Gasteiger partial charge is 0.303 e. The van der Waals surface area contributed by atoms with Crippen molar-refractivity contribution in [2.75, 3.05) is 13.6 Å². The normalized spacial score (nSPS) is 19.1. The molecule has 5 rings (SSSR count). The number of likely N-dealkylation sites (N-methyl/N-ethyl adjacent to an activating group) is 1. The minimum absolute atomic E-state index is 0.0286. The van der Waals surface area contributed by atoms with E-state index in [4.69, 9.17) is 14.6 Å². The van der Waals surface area contributed by atoms with E-state index >= 15 is 0 Å². The number of nitrogens with zero attached hydrogens (tertiary/aromatic N) is 1. The van der Waals surface area contributed by atoms with Crippen LogP contribution in [0.5, 0.6) is 0 Å². The third-order valence-corrected chi connectivity index (χ3v) is 8.95. The Balaban J connectivity index is 1.32. The van der Waals surface area contributed by atoms with Crippen LogP contribution in [0.2, 0.25) is 0 Å². The van der Waals surface area contributed by atoms with E-state index in [1.807, 2.05) is 117 Å². The van der Waals surface area contributed by atoms with Gasteiger partial charge in [-0.15, -0.1) is 0 Å². The molecule has 0 bridgehead atoms. The van der Waals surface area contributed by atoms with Crippen molar-refractivity contribution in [3.05, 3.63) is 131 Å². The molecule has 1 heterocycles. The number of aliphatic hydroxyl groups is 2. The van der Waals surface area contributed by atoms with Crippen LogP contribution in [0.1, 0.15) is 72.5 Å². The van der Waals surface area contributed by atoms with Crippen molar-refractivity contribution in [1.82, 2.24) is 10.2 Å². The number of ether oxygens (including phenoxy) is 2. The summed E-state index contributed by atoms with van der Waals surface area (Å²) in [6, 6.07) is 33.1. The average Bonchev–Trinajstić information content (AvgIpc) is 3.13. The Bertz CT molecular complexity index is 1630. The zero-order chi connectivity index (χ0) is 34.0. The van der Waals surface area contributed by atoms with E-state index in [-0.39, 0.29) is 50.2 Å². The molecule has 0 unspecified atom stereocenters. The molecule has 1 fully saturated rings. The van der Waals surface area contributed by atoms with E-state index in [2.05, 4.69) is 10.2 Å². The highest BCUT2D eigenvalue weighted by Gasteiger charge is 2.34. The quantitative estimate of drug-likeness (QED) is 0.132. The van der Waals surface area contributed by atoms with Gasteiger partial charge in [0.1, 0.15) is 0 Å². The molecule has 4 aromatic rings. The number of carboxylic acid groups (broad SMARTS) is 1. The molecule has 252 valence electrons. The predicted molar refractivity (Wildman–Crippen MR) is 183 cm³/mol. The highest BCUT2D eigenvalue weighted by molar-refractivity contribution is 5.80. The zero-order valence-corrected chi connectivity index (χ0v) is 27.4. The molecule has 0 aliphatic carbocycles. The van der Waals surface area contributed by atoms with Crippen LogP contribution in [0.25, 0.3) is 11.1 Å². The predicted octanol–water partition coefficient (Wildman–Crippen LogP) is 5.93. The van der Waals surface area contributed by atoms with E-state index in [1.54, 1.807) is 0 Å². The summed E-state index contributed by atoms with van der Waals surface area (Å²) in [5, 5.41) is 32.3. The van der Waals surface area contributed by atoms with Gasteiger partial charge >= 0.3 is 5.97 Å². The number of benzene rings is 4. The summed E-state index contributed by atoms with van der Waals surface area (Å²) < 4.78 is 13.1. The Morgan fingerprint density at radius 1 is 0.875 bits per heavy atom. The van der Waals surface area contributed by atoms with Crippen LogP contribution in [0, 0.1) is 0 Å². The van der Waals surface area contributed by atoms with Crippen LogP contribution in [0.15, 0.2) is 103 Å². The molecule has 1 aliphatic heterocycles. The van der Waals surface area contributed by atoms with Crippen LogP contribution in [-0.4, -0.2) is 57.8 Å². The van der Waals surface area contributed by atoms with Gasteiger partial charge in [0.05, 0.1) is 31.3 Å². The number of carboxylic acids is 1. The Kier molecular flexibility index (Phi) is 12.1. The fourth-order valence-corrected chi connectivity index (χ4v) is 5.97. The molecule has 0 saturated carbocycles. The number of hydrogen-bond acceptors (Lipinski definition) is 7. The van der Waals surface area contributed by atoms with E-state index in [0.29, 0.717) is 13.0 Å². The molecule has 4 aromatic carbocycles. The molecule has 9 nitrogen and oxygen atoms in total. The van der Waals surface area contributed by atoms with E-state index in [1.165, 1.54) is 0 Å². The van der Waals surface area contributed by atoms with Crippen molar-refractivity contribution in [2.24, 2.45) is 0 Å². The van der Waals surface area contributed by atoms with Crippen LogP contribution in [-0.2, 0) is 32.2 Å². The van der Waals surface area contributed by atoms with Crippen LogP contribution in [0.4, 0.5) is 0 Å². The van der Waals surface area contributed by atoms with Crippen molar-refractivity contribution in [2.45, 2.75) is 70.0 Å². The van der Waals surface area contributed by atoms with Gasteiger partial charge in [0.2, 0.25) is 5.91 Å². The number of rotatable bonds is 14. The summed E-state index contributed by atoms with van der Waals surface area (Å²) in [4.78, 5) is 25.1. The second-order valence-electron chi connectivity index (χ2n) is 12.3. The Morgan fingerprint density at radius 2 is 1.54 bits per heavy atom. The maximum atomic E-state index is 12.1. The summed E-state index contributed by atoms with van der Waals surface area (Å²) in [6.45, 7) is 2.85. The van der Waals surface area contributed by atoms with Crippen molar-refractivity contribution in [1.29, 1.82) is 0 Å². The lowest BCUT2D eigenvalue weighted by Gasteiger charge is -2.39. The molecule has 0 radical (unpaired) electrons. The lowest BCUT2D eigenvalue weighted by atomic mass is 9.97. The van der Waals surface area contributed by atoms with Crippen molar-refractivity contribution in [3.63, 3.8) is 0 Å². The highest BCUT2D eigenvalue weighted by Crippen LogP contribution is 2.39. The SMILES string of the molecule is C[C@H]([C@@H](O)c1ccccc1)N(C)C[C@@H]1C[C@H](c2ccc(CO)cc2)O[C@H](c2ccc(-c3ccccc3CNC(=O)CCC(=O)O)cc2)O1. The summed E-state index contributed by atoms with van der Waals surface area (Å²) >= 11 is 0. The standard InChI is InChI=1S/C39H44N2O7/c1-26(38(46)30-8-4-3-5-9-30)41(2)24-33-22-35(29-14-12-27(25-42)13-15-29)48-39(47-33)31-18-16-28(17-19-31)34-11-7-6-10-32(34)23-40-36(43)20-21-37(44)45/h3-19,26,33,35,38-39,42,46H,20-25H2,1-2H3,(H,40,43)(H,44,45)/t26-,33+,35-,38-,39-/m1/s1. The van der Waals surface area contributed by atoms with Gasteiger partial charge in [-0.05, 0) is 47.4 Å². The van der Waals surface area contributed by atoms with E-state index < -0.39 is 18.4 Å². The maximum Gasteiger partial charge on any atom is 0.303 e. The number of hydrogen-bond donors (Lipinski definition) is 4. The fourth-order valence-electron chi connectivity index (χ4n) is 5.97. The van der Waals surface area contributed by atoms with Gasteiger partial charge < -0.3 is 30.1 Å². The lowest BCUT2D eigenvalue weighted by molar-refractivity contribution is -0.253. The first-order chi connectivity index (χ1) is 23.2. The molecular formula is C39H44N2O7. The van der Waals surface area contributed by atoms with Gasteiger partial charge in [0, 0.05) is 37.5 Å². The summed E-state index contributed by atoms with van der Waals surface area (Å²) in [5.41, 5.74) is 6.40. The molecule has 1 aliphatic rings. The summed E-state index contributed by atoms with van der Waals surface area (Å²) in [5.74, 6) is -1.31. The van der Waals surface area contributed by atoms with Crippen molar-refractivity contribution < 1.29 is 34.4 Å². The first-order valence-electron chi connectivity index (χ1n) is 16.3. The minimum atomic E-state index is -1.00. The van der Waals surface area contributed by atoms with Gasteiger partial charge in [-0.1, -0.05) is 103 Å².